The van der Waals surface area contributed by atoms with Crippen LogP contribution in [0.1, 0.15) is 12.5 Å². The molecule has 21 heavy (non-hydrogen) atoms. The first kappa shape index (κ1) is 15.3. The van der Waals surface area contributed by atoms with Crippen LogP contribution in [-0.2, 0) is 6.54 Å². The van der Waals surface area contributed by atoms with E-state index in [9.17, 15) is 8.78 Å². The fourth-order valence-corrected chi connectivity index (χ4v) is 2.09. The number of guanidine groups is 1. The smallest absolute Gasteiger partial charge is 0.387 e. The molecule has 1 heterocycles. The summed E-state index contributed by atoms with van der Waals surface area (Å²) in [5.74, 6) is 1.14. The molecule has 0 spiro atoms. The summed E-state index contributed by atoms with van der Waals surface area (Å²) in [7, 11) is 1.92. The Bertz CT molecular complexity index is 509. The van der Waals surface area contributed by atoms with E-state index in [1.54, 1.807) is 25.1 Å². The van der Waals surface area contributed by atoms with Gasteiger partial charge < -0.3 is 19.7 Å². The maximum absolute atomic E-state index is 12.6. The highest BCUT2D eigenvalue weighted by Crippen LogP contribution is 2.32. The van der Waals surface area contributed by atoms with Crippen molar-refractivity contribution in [1.82, 2.24) is 10.2 Å². The molecule has 0 amide bonds. The van der Waals surface area contributed by atoms with Gasteiger partial charge in [0, 0.05) is 25.7 Å². The van der Waals surface area contributed by atoms with Crippen molar-refractivity contribution < 1.29 is 18.3 Å². The zero-order valence-corrected chi connectivity index (χ0v) is 12.1. The van der Waals surface area contributed by atoms with E-state index < -0.39 is 6.61 Å². The zero-order valence-electron chi connectivity index (χ0n) is 12.1. The lowest BCUT2D eigenvalue weighted by molar-refractivity contribution is -0.0520. The highest BCUT2D eigenvalue weighted by atomic mass is 19.3. The number of benzene rings is 1. The molecule has 0 unspecified atom stereocenters. The van der Waals surface area contributed by atoms with Crippen LogP contribution < -0.4 is 14.8 Å². The number of alkyl halides is 2. The molecule has 116 valence electrons. The molecule has 1 aromatic rings. The predicted molar refractivity (Wildman–Crippen MR) is 76.0 cm³/mol. The van der Waals surface area contributed by atoms with E-state index >= 15 is 0 Å². The average Bonchev–Trinajstić information content (AvgIpc) is 2.84. The van der Waals surface area contributed by atoms with Gasteiger partial charge in [-0.2, -0.15) is 8.78 Å². The average molecular weight is 299 g/mol. The van der Waals surface area contributed by atoms with Gasteiger partial charge in [0.15, 0.2) is 17.5 Å². The molecule has 0 radical (unpaired) electrons. The minimum Gasteiger partial charge on any atom is -0.490 e. The van der Waals surface area contributed by atoms with Crippen molar-refractivity contribution in [1.29, 1.82) is 0 Å². The third kappa shape index (κ3) is 3.96. The molecule has 7 heteroatoms. The first-order chi connectivity index (χ1) is 10.1. The molecular weight excluding hydrogens is 280 g/mol. The highest BCUT2D eigenvalue weighted by molar-refractivity contribution is 5.81. The van der Waals surface area contributed by atoms with E-state index in [1.807, 2.05) is 11.9 Å². The molecule has 1 aromatic carbocycles. The number of nitrogens with zero attached hydrogens (tertiary/aromatic N) is 2. The summed E-state index contributed by atoms with van der Waals surface area (Å²) < 4.78 is 35.2. The second-order valence-electron chi connectivity index (χ2n) is 4.54. The lowest BCUT2D eigenvalue weighted by atomic mass is 10.2. The lowest BCUT2D eigenvalue weighted by Gasteiger charge is -2.18. The van der Waals surface area contributed by atoms with E-state index in [0.717, 1.165) is 19.0 Å². The predicted octanol–water partition coefficient (Wildman–Crippen LogP) is 2.08. The zero-order chi connectivity index (χ0) is 15.2. The fraction of sp³-hybridized carbons (Fsp3) is 0.500. The Morgan fingerprint density at radius 3 is 2.86 bits per heavy atom. The summed E-state index contributed by atoms with van der Waals surface area (Å²) in [6, 6.07) is 5.09. The van der Waals surface area contributed by atoms with Crippen LogP contribution in [0.2, 0.25) is 0 Å². The van der Waals surface area contributed by atoms with Gasteiger partial charge in [0.25, 0.3) is 0 Å². The van der Waals surface area contributed by atoms with Gasteiger partial charge in [0.2, 0.25) is 0 Å². The van der Waals surface area contributed by atoms with Gasteiger partial charge >= 0.3 is 6.61 Å². The van der Waals surface area contributed by atoms with Gasteiger partial charge in [-0.3, -0.25) is 4.99 Å². The number of likely N-dealkylation sites (N-methyl/N-ethyl adjacent to an activating group) is 1. The van der Waals surface area contributed by atoms with Gasteiger partial charge in [0.05, 0.1) is 13.2 Å². The van der Waals surface area contributed by atoms with E-state index in [1.165, 1.54) is 0 Å². The Balaban J connectivity index is 2.14. The lowest BCUT2D eigenvalue weighted by Crippen LogP contribution is -2.35. The second-order valence-corrected chi connectivity index (χ2v) is 4.54. The Morgan fingerprint density at radius 1 is 1.43 bits per heavy atom. The topological polar surface area (TPSA) is 46.1 Å². The normalized spacial score (nSPS) is 14.3. The molecule has 5 nitrogen and oxygen atoms in total. The van der Waals surface area contributed by atoms with E-state index in [0.29, 0.717) is 24.5 Å². The third-order valence-electron chi connectivity index (χ3n) is 3.06. The number of hydrogen-bond donors (Lipinski definition) is 1. The number of hydrogen-bond acceptors (Lipinski definition) is 5. The Labute approximate surface area is 122 Å². The SMILES string of the molecule is CCOc1cccc(CNC2=NCCN2C)c1OC(F)F. The summed E-state index contributed by atoms with van der Waals surface area (Å²) in [5.41, 5.74) is 0.601. The van der Waals surface area contributed by atoms with Gasteiger partial charge in [-0.1, -0.05) is 12.1 Å². The number of rotatable bonds is 6. The minimum absolute atomic E-state index is 0.0723. The van der Waals surface area contributed by atoms with Crippen molar-refractivity contribution in [3.63, 3.8) is 0 Å². The summed E-state index contributed by atoms with van der Waals surface area (Å²) in [4.78, 5) is 6.26. The van der Waals surface area contributed by atoms with Crippen molar-refractivity contribution in [2.24, 2.45) is 4.99 Å². The molecule has 0 aliphatic carbocycles. The van der Waals surface area contributed by atoms with Crippen LogP contribution in [-0.4, -0.2) is 44.2 Å². The first-order valence-electron chi connectivity index (χ1n) is 6.80. The third-order valence-corrected chi connectivity index (χ3v) is 3.06. The maximum Gasteiger partial charge on any atom is 0.387 e. The Kier molecular flexibility index (Phi) is 5.19. The highest BCUT2D eigenvalue weighted by Gasteiger charge is 2.17. The Morgan fingerprint density at radius 2 is 2.24 bits per heavy atom. The Hall–Kier alpha value is -2.05. The molecule has 0 bridgehead atoms. The van der Waals surface area contributed by atoms with Crippen LogP contribution in [0.5, 0.6) is 11.5 Å². The van der Waals surface area contributed by atoms with Crippen molar-refractivity contribution >= 4 is 5.96 Å². The van der Waals surface area contributed by atoms with Crippen LogP contribution in [0.3, 0.4) is 0 Å². The summed E-state index contributed by atoms with van der Waals surface area (Å²) in [6.45, 7) is 1.20. The fourth-order valence-electron chi connectivity index (χ4n) is 2.09. The van der Waals surface area contributed by atoms with Crippen LogP contribution >= 0.6 is 0 Å². The largest absolute Gasteiger partial charge is 0.490 e. The molecule has 1 aliphatic rings. The number of ether oxygens (including phenoxy) is 2. The summed E-state index contributed by atoms with van der Waals surface area (Å²) in [5, 5.41) is 3.13. The molecule has 2 rings (SSSR count). The number of aliphatic imine (C=N–C) groups is 1. The van der Waals surface area contributed by atoms with Crippen molar-refractivity contribution in [3.8, 4) is 11.5 Å². The summed E-state index contributed by atoms with van der Waals surface area (Å²) >= 11 is 0. The molecule has 1 N–H and O–H groups in total. The van der Waals surface area contributed by atoms with Crippen molar-refractivity contribution in [3.05, 3.63) is 23.8 Å². The van der Waals surface area contributed by atoms with Gasteiger partial charge in [-0.25, -0.2) is 0 Å². The maximum atomic E-state index is 12.6. The number of para-hydroxylation sites is 1. The van der Waals surface area contributed by atoms with Crippen LogP contribution in [0.4, 0.5) is 8.78 Å². The molecule has 0 saturated heterocycles. The van der Waals surface area contributed by atoms with E-state index in [2.05, 4.69) is 15.0 Å². The molecule has 1 aliphatic heterocycles. The van der Waals surface area contributed by atoms with Crippen molar-refractivity contribution in [2.75, 3.05) is 26.7 Å². The second kappa shape index (κ2) is 7.10. The number of halogens is 2. The van der Waals surface area contributed by atoms with Crippen LogP contribution in [0.15, 0.2) is 23.2 Å². The van der Waals surface area contributed by atoms with Gasteiger partial charge in [-0.15, -0.1) is 0 Å². The standard InChI is InChI=1S/C14H19F2N3O2/c1-3-20-11-6-4-5-10(12(11)21-13(15)16)9-18-14-17-7-8-19(14)2/h4-6,13H,3,7-9H2,1-2H3,(H,17,18). The van der Waals surface area contributed by atoms with Crippen LogP contribution in [0, 0.1) is 0 Å². The van der Waals surface area contributed by atoms with E-state index in [4.69, 9.17) is 4.74 Å². The van der Waals surface area contributed by atoms with Crippen molar-refractivity contribution in [2.45, 2.75) is 20.1 Å². The molecule has 0 aromatic heterocycles. The van der Waals surface area contributed by atoms with Gasteiger partial charge in [-0.05, 0) is 13.0 Å². The molecule has 0 saturated carbocycles. The first-order valence-corrected chi connectivity index (χ1v) is 6.80. The quantitative estimate of drug-likeness (QED) is 0.873. The van der Waals surface area contributed by atoms with Gasteiger partial charge in [0.1, 0.15) is 0 Å². The van der Waals surface area contributed by atoms with E-state index in [-0.39, 0.29) is 5.75 Å². The van der Waals surface area contributed by atoms with Crippen LogP contribution in [0.25, 0.3) is 0 Å². The minimum atomic E-state index is -2.89. The molecular formula is C14H19F2N3O2. The number of nitrogens with one attached hydrogen (secondary N) is 1. The molecule has 0 fully saturated rings. The molecule has 0 atom stereocenters. The monoisotopic (exact) mass is 299 g/mol. The summed E-state index contributed by atoms with van der Waals surface area (Å²) in [6.07, 6.45) is 0.